The third-order valence-corrected chi connectivity index (χ3v) is 4.96. The van der Waals surface area contributed by atoms with Gasteiger partial charge in [-0.1, -0.05) is 15.9 Å². The summed E-state index contributed by atoms with van der Waals surface area (Å²) in [5.41, 5.74) is 0. The van der Waals surface area contributed by atoms with E-state index in [1.54, 1.807) is 12.1 Å². The molecule has 0 radical (unpaired) electrons. The molecule has 25 heavy (non-hydrogen) atoms. The lowest BCUT2D eigenvalue weighted by molar-refractivity contribution is -0.151. The summed E-state index contributed by atoms with van der Waals surface area (Å²) < 4.78 is 66.9. The standard InChI is InChI=1S/C12H9Br3F2O7S/c13-6-3-7(14)11(8(15)4-6)24-10(19)2-1-9(18)23-5-12(16,17)25(20,21)22/h3-4H,1-2,5H2,(H,20,21,22)/p-1. The number of esters is 2. The normalized spacial score (nSPS) is 11.9. The van der Waals surface area contributed by atoms with Gasteiger partial charge in [0.25, 0.3) is 0 Å². The molecule has 0 N–H and O–H groups in total. The highest BCUT2D eigenvalue weighted by Gasteiger charge is 2.39. The van der Waals surface area contributed by atoms with Crippen molar-refractivity contribution in [1.82, 2.24) is 0 Å². The van der Waals surface area contributed by atoms with E-state index < -0.39 is 46.8 Å². The monoisotopic (exact) mass is 571 g/mol. The van der Waals surface area contributed by atoms with Gasteiger partial charge in [0.05, 0.1) is 21.8 Å². The molecule has 0 heterocycles. The van der Waals surface area contributed by atoms with Crippen LogP contribution in [0.2, 0.25) is 0 Å². The summed E-state index contributed by atoms with van der Waals surface area (Å²) in [6.45, 7) is -1.92. The van der Waals surface area contributed by atoms with Crippen molar-refractivity contribution in [3.8, 4) is 5.75 Å². The van der Waals surface area contributed by atoms with Crippen LogP contribution in [0.25, 0.3) is 0 Å². The van der Waals surface area contributed by atoms with Gasteiger partial charge in [0.1, 0.15) is 0 Å². The van der Waals surface area contributed by atoms with Crippen LogP contribution in [-0.2, 0) is 24.4 Å². The average molecular weight is 574 g/mol. The van der Waals surface area contributed by atoms with Gasteiger partial charge in [-0.2, -0.15) is 8.78 Å². The number of benzene rings is 1. The molecule has 0 aromatic heterocycles. The Bertz CT molecular complexity index is 760. The largest absolute Gasteiger partial charge is 0.743 e. The fourth-order valence-corrected chi connectivity index (χ4v) is 3.93. The van der Waals surface area contributed by atoms with E-state index in [0.717, 1.165) is 0 Å². The smallest absolute Gasteiger partial charge is 0.367 e. The van der Waals surface area contributed by atoms with Crippen LogP contribution in [0.5, 0.6) is 5.75 Å². The maximum atomic E-state index is 12.8. The molecular weight excluding hydrogens is 566 g/mol. The van der Waals surface area contributed by atoms with Gasteiger partial charge in [-0.05, 0) is 44.0 Å². The molecule has 0 atom stereocenters. The second-order valence-electron chi connectivity index (χ2n) is 4.42. The Morgan fingerprint density at radius 3 is 2.04 bits per heavy atom. The molecule has 1 aromatic rings. The van der Waals surface area contributed by atoms with Crippen LogP contribution in [0.15, 0.2) is 25.6 Å². The summed E-state index contributed by atoms with van der Waals surface area (Å²) in [5, 5.41) is -4.74. The molecule has 0 aliphatic rings. The van der Waals surface area contributed by atoms with Crippen molar-refractivity contribution < 1.29 is 40.8 Å². The molecule has 0 spiro atoms. The lowest BCUT2D eigenvalue weighted by atomic mass is 10.3. The van der Waals surface area contributed by atoms with E-state index in [2.05, 4.69) is 52.5 Å². The van der Waals surface area contributed by atoms with Crippen LogP contribution >= 0.6 is 47.8 Å². The second kappa shape index (κ2) is 8.84. The molecule has 7 nitrogen and oxygen atoms in total. The SMILES string of the molecule is O=C(CCC(=O)Oc1c(Br)cc(Br)cc1Br)OCC(F)(F)S(=O)(=O)[O-]. The van der Waals surface area contributed by atoms with Gasteiger partial charge in [0.2, 0.25) is 0 Å². The zero-order valence-electron chi connectivity index (χ0n) is 11.9. The molecule has 1 rings (SSSR count). The molecule has 0 aliphatic carbocycles. The molecule has 0 unspecified atom stereocenters. The first-order valence-corrected chi connectivity index (χ1v) is 9.96. The molecule has 0 saturated heterocycles. The van der Waals surface area contributed by atoms with E-state index in [1.165, 1.54) is 0 Å². The van der Waals surface area contributed by atoms with E-state index in [0.29, 0.717) is 13.4 Å². The summed E-state index contributed by atoms with van der Waals surface area (Å²) in [4.78, 5) is 23.0. The van der Waals surface area contributed by atoms with Crippen LogP contribution in [0, 0.1) is 0 Å². The van der Waals surface area contributed by atoms with Crippen molar-refractivity contribution in [2.24, 2.45) is 0 Å². The third kappa shape index (κ3) is 6.89. The van der Waals surface area contributed by atoms with Crippen molar-refractivity contribution in [2.45, 2.75) is 18.1 Å². The maximum Gasteiger partial charge on any atom is 0.367 e. The average Bonchev–Trinajstić information content (AvgIpc) is 2.45. The third-order valence-electron chi connectivity index (χ3n) is 2.48. The molecule has 0 bridgehead atoms. The minimum Gasteiger partial charge on any atom is -0.743 e. The number of hydrogen-bond donors (Lipinski definition) is 0. The van der Waals surface area contributed by atoms with Crippen LogP contribution in [-0.4, -0.2) is 36.8 Å². The first-order valence-electron chi connectivity index (χ1n) is 6.17. The lowest BCUT2D eigenvalue weighted by Crippen LogP contribution is -2.34. The summed E-state index contributed by atoms with van der Waals surface area (Å²) >= 11 is 9.57. The van der Waals surface area contributed by atoms with E-state index in [4.69, 9.17) is 4.74 Å². The van der Waals surface area contributed by atoms with Gasteiger partial charge < -0.3 is 14.0 Å². The number of halogens is 5. The van der Waals surface area contributed by atoms with Crippen LogP contribution < -0.4 is 4.74 Å². The maximum absolute atomic E-state index is 12.8. The van der Waals surface area contributed by atoms with Gasteiger partial charge in [-0.15, -0.1) is 0 Å². The van der Waals surface area contributed by atoms with Gasteiger partial charge >= 0.3 is 17.2 Å². The van der Waals surface area contributed by atoms with E-state index >= 15 is 0 Å². The van der Waals surface area contributed by atoms with Crippen LogP contribution in [0.4, 0.5) is 8.78 Å². The predicted octanol–water partition coefficient (Wildman–Crippen LogP) is 3.34. The van der Waals surface area contributed by atoms with Crippen LogP contribution in [0.1, 0.15) is 12.8 Å². The summed E-state index contributed by atoms with van der Waals surface area (Å²) in [6, 6.07) is 3.21. The first-order chi connectivity index (χ1) is 11.3. The predicted molar refractivity (Wildman–Crippen MR) is 90.0 cm³/mol. The highest BCUT2D eigenvalue weighted by Crippen LogP contribution is 2.36. The number of rotatable bonds is 7. The molecule has 140 valence electrons. The van der Waals surface area contributed by atoms with Crippen molar-refractivity contribution in [3.63, 3.8) is 0 Å². The van der Waals surface area contributed by atoms with Crippen molar-refractivity contribution in [2.75, 3.05) is 6.61 Å². The van der Waals surface area contributed by atoms with Gasteiger partial charge in [0.15, 0.2) is 22.5 Å². The van der Waals surface area contributed by atoms with E-state index in [-0.39, 0.29) is 5.75 Å². The Balaban J connectivity index is 2.54. The Kier molecular flexibility index (Phi) is 7.93. The minimum absolute atomic E-state index is 0.144. The molecule has 0 amide bonds. The summed E-state index contributed by atoms with van der Waals surface area (Å²) in [7, 11) is -5.95. The zero-order valence-corrected chi connectivity index (χ0v) is 17.5. The molecule has 13 heteroatoms. The van der Waals surface area contributed by atoms with E-state index in [9.17, 15) is 31.3 Å². The minimum atomic E-state index is -5.95. The number of ether oxygens (including phenoxy) is 2. The fourth-order valence-electron chi connectivity index (χ4n) is 1.30. The second-order valence-corrected chi connectivity index (χ2v) is 8.55. The Morgan fingerprint density at radius 2 is 1.56 bits per heavy atom. The first kappa shape index (κ1) is 22.4. The highest BCUT2D eigenvalue weighted by molar-refractivity contribution is 9.11. The van der Waals surface area contributed by atoms with E-state index in [1.807, 2.05) is 0 Å². The fraction of sp³-hybridized carbons (Fsp3) is 0.333. The molecule has 0 saturated carbocycles. The molecule has 0 aliphatic heterocycles. The number of carbonyl (C=O) groups excluding carboxylic acids is 2. The zero-order chi connectivity index (χ0) is 19.4. The van der Waals surface area contributed by atoms with Crippen molar-refractivity contribution in [1.29, 1.82) is 0 Å². The lowest BCUT2D eigenvalue weighted by Gasteiger charge is -2.19. The Labute approximate surface area is 166 Å². The highest BCUT2D eigenvalue weighted by atomic mass is 79.9. The number of carbonyl (C=O) groups is 2. The molecule has 1 aromatic carbocycles. The van der Waals surface area contributed by atoms with Gasteiger partial charge in [-0.25, -0.2) is 8.42 Å². The number of hydrogen-bond acceptors (Lipinski definition) is 7. The Hall–Kier alpha value is -0.630. The van der Waals surface area contributed by atoms with Gasteiger partial charge in [0, 0.05) is 4.47 Å². The summed E-state index contributed by atoms with van der Waals surface area (Å²) in [6.07, 6.45) is -1.15. The van der Waals surface area contributed by atoms with Gasteiger partial charge in [-0.3, -0.25) is 9.59 Å². The van der Waals surface area contributed by atoms with Crippen molar-refractivity contribution in [3.05, 3.63) is 25.6 Å². The Morgan fingerprint density at radius 1 is 1.08 bits per heavy atom. The summed E-state index contributed by atoms with van der Waals surface area (Å²) in [5.74, 6) is -2.00. The molecular formula is C12H8Br3F2O7S-. The molecule has 0 fully saturated rings. The van der Waals surface area contributed by atoms with Crippen LogP contribution in [0.3, 0.4) is 0 Å². The quantitative estimate of drug-likeness (QED) is 0.279. The number of alkyl halides is 2. The van der Waals surface area contributed by atoms with Crippen molar-refractivity contribution >= 4 is 69.8 Å². The topological polar surface area (TPSA) is 110 Å².